The topological polar surface area (TPSA) is 56.4 Å². The summed E-state index contributed by atoms with van der Waals surface area (Å²) in [4.78, 5) is 30.9. The van der Waals surface area contributed by atoms with Gasteiger partial charge in [-0.3, -0.25) is 9.59 Å². The van der Waals surface area contributed by atoms with Crippen molar-refractivity contribution >= 4 is 22.7 Å². The number of carbonyl (C=O) groups excluding carboxylic acids is 2. The quantitative estimate of drug-likeness (QED) is 0.915. The third-order valence-corrected chi connectivity index (χ3v) is 3.65. The molecule has 0 aliphatic rings. The zero-order valence-corrected chi connectivity index (χ0v) is 12.7. The molecule has 5 nitrogen and oxygen atoms in total. The molecule has 5 heteroatoms. The predicted molar refractivity (Wildman–Crippen MR) is 83.2 cm³/mol. The van der Waals surface area contributed by atoms with E-state index in [1.165, 1.54) is 4.90 Å². The van der Waals surface area contributed by atoms with Crippen molar-refractivity contribution in [3.8, 4) is 0 Å². The van der Waals surface area contributed by atoms with Gasteiger partial charge < -0.3 is 14.8 Å². The molecule has 1 N–H and O–H groups in total. The number of amides is 2. The Kier molecular flexibility index (Phi) is 4.62. The summed E-state index contributed by atoms with van der Waals surface area (Å²) in [7, 11) is 1.66. The SMILES string of the molecule is CCN(CC)C(=O)CN(C)C(=O)c1cccc2cc[nH]c12. The first kappa shape index (κ1) is 15.1. The van der Waals surface area contributed by atoms with Crippen LogP contribution in [0.5, 0.6) is 0 Å². The highest BCUT2D eigenvalue weighted by Gasteiger charge is 2.19. The Labute approximate surface area is 124 Å². The van der Waals surface area contributed by atoms with E-state index in [-0.39, 0.29) is 18.4 Å². The number of aromatic amines is 1. The van der Waals surface area contributed by atoms with Gasteiger partial charge in [-0.25, -0.2) is 0 Å². The van der Waals surface area contributed by atoms with Crippen molar-refractivity contribution in [1.82, 2.24) is 14.8 Å². The lowest BCUT2D eigenvalue weighted by Gasteiger charge is -2.23. The molecule has 0 aliphatic carbocycles. The summed E-state index contributed by atoms with van der Waals surface area (Å²) in [6.45, 7) is 5.27. The third-order valence-electron chi connectivity index (χ3n) is 3.65. The van der Waals surface area contributed by atoms with Gasteiger partial charge in [-0.2, -0.15) is 0 Å². The van der Waals surface area contributed by atoms with Gasteiger partial charge in [-0.05, 0) is 26.0 Å². The Morgan fingerprint density at radius 3 is 2.52 bits per heavy atom. The number of hydrogen-bond donors (Lipinski definition) is 1. The molecule has 0 atom stereocenters. The number of para-hydroxylation sites is 1. The van der Waals surface area contributed by atoms with Crippen LogP contribution in [0.1, 0.15) is 24.2 Å². The molecule has 2 amide bonds. The minimum absolute atomic E-state index is 0.0329. The van der Waals surface area contributed by atoms with Crippen molar-refractivity contribution in [1.29, 1.82) is 0 Å². The number of likely N-dealkylation sites (N-methyl/N-ethyl adjacent to an activating group) is 2. The molecule has 0 saturated carbocycles. The van der Waals surface area contributed by atoms with E-state index in [9.17, 15) is 9.59 Å². The number of rotatable bonds is 5. The first-order valence-electron chi connectivity index (χ1n) is 7.17. The molecular weight excluding hydrogens is 266 g/mol. The van der Waals surface area contributed by atoms with Crippen LogP contribution in [0.15, 0.2) is 30.5 Å². The third kappa shape index (κ3) is 3.07. The van der Waals surface area contributed by atoms with Gasteiger partial charge in [0.1, 0.15) is 0 Å². The Morgan fingerprint density at radius 2 is 1.86 bits per heavy atom. The van der Waals surface area contributed by atoms with E-state index >= 15 is 0 Å². The number of H-pyrrole nitrogens is 1. The van der Waals surface area contributed by atoms with Crippen molar-refractivity contribution < 1.29 is 9.59 Å². The van der Waals surface area contributed by atoms with Crippen LogP contribution in [0.2, 0.25) is 0 Å². The van der Waals surface area contributed by atoms with Crippen LogP contribution in [-0.4, -0.2) is 53.3 Å². The average molecular weight is 287 g/mol. The Bertz CT molecular complexity index is 644. The first-order chi connectivity index (χ1) is 10.1. The summed E-state index contributed by atoms with van der Waals surface area (Å²) in [6.07, 6.45) is 1.81. The molecule has 0 unspecified atom stereocenters. The molecule has 1 heterocycles. The minimum Gasteiger partial charge on any atom is -0.361 e. The van der Waals surface area contributed by atoms with Crippen LogP contribution < -0.4 is 0 Å². The highest BCUT2D eigenvalue weighted by atomic mass is 16.2. The van der Waals surface area contributed by atoms with Gasteiger partial charge in [0.05, 0.1) is 17.6 Å². The van der Waals surface area contributed by atoms with Crippen molar-refractivity contribution in [2.75, 3.05) is 26.7 Å². The average Bonchev–Trinajstić information content (AvgIpc) is 2.96. The van der Waals surface area contributed by atoms with Gasteiger partial charge in [0.15, 0.2) is 0 Å². The first-order valence-corrected chi connectivity index (χ1v) is 7.17. The molecule has 0 bridgehead atoms. The molecule has 2 aromatic rings. The van der Waals surface area contributed by atoms with Crippen molar-refractivity contribution in [2.45, 2.75) is 13.8 Å². The fourth-order valence-corrected chi connectivity index (χ4v) is 2.42. The number of aromatic nitrogens is 1. The van der Waals surface area contributed by atoms with Crippen molar-refractivity contribution in [3.05, 3.63) is 36.0 Å². The van der Waals surface area contributed by atoms with Gasteiger partial charge in [0, 0.05) is 31.7 Å². The van der Waals surface area contributed by atoms with Crippen LogP contribution in [0, 0.1) is 0 Å². The van der Waals surface area contributed by atoms with Gasteiger partial charge in [0.2, 0.25) is 5.91 Å². The fraction of sp³-hybridized carbons (Fsp3) is 0.375. The minimum atomic E-state index is -0.149. The second-order valence-electron chi connectivity index (χ2n) is 4.97. The molecule has 0 radical (unpaired) electrons. The number of nitrogens with one attached hydrogen (secondary N) is 1. The monoisotopic (exact) mass is 287 g/mol. The van der Waals surface area contributed by atoms with E-state index in [0.717, 1.165) is 10.9 Å². The predicted octanol–water partition coefficient (Wildman–Crippen LogP) is 2.11. The van der Waals surface area contributed by atoms with E-state index in [1.54, 1.807) is 18.0 Å². The second kappa shape index (κ2) is 6.43. The summed E-state index contributed by atoms with van der Waals surface area (Å²) in [5, 5.41) is 0.990. The largest absolute Gasteiger partial charge is 0.361 e. The number of hydrogen-bond acceptors (Lipinski definition) is 2. The van der Waals surface area contributed by atoms with Crippen LogP contribution in [0.4, 0.5) is 0 Å². The van der Waals surface area contributed by atoms with E-state index < -0.39 is 0 Å². The summed E-state index contributed by atoms with van der Waals surface area (Å²) in [5.74, 6) is -0.182. The smallest absolute Gasteiger partial charge is 0.256 e. The number of nitrogens with zero attached hydrogens (tertiary/aromatic N) is 2. The highest BCUT2D eigenvalue weighted by Crippen LogP contribution is 2.18. The maximum Gasteiger partial charge on any atom is 0.256 e. The van der Waals surface area contributed by atoms with E-state index in [2.05, 4.69) is 4.98 Å². The molecule has 0 spiro atoms. The second-order valence-corrected chi connectivity index (χ2v) is 4.97. The lowest BCUT2D eigenvalue weighted by Crippen LogP contribution is -2.41. The molecular formula is C16H21N3O2. The number of fused-ring (bicyclic) bond motifs is 1. The lowest BCUT2D eigenvalue weighted by molar-refractivity contribution is -0.131. The summed E-state index contributed by atoms with van der Waals surface area (Å²) in [5.41, 5.74) is 1.40. The normalized spacial score (nSPS) is 10.6. The molecule has 21 heavy (non-hydrogen) atoms. The van der Waals surface area contributed by atoms with Gasteiger partial charge in [-0.1, -0.05) is 12.1 Å². The van der Waals surface area contributed by atoms with Crippen molar-refractivity contribution in [2.24, 2.45) is 0 Å². The maximum absolute atomic E-state index is 12.5. The zero-order valence-electron chi connectivity index (χ0n) is 12.7. The summed E-state index contributed by atoms with van der Waals surface area (Å²) in [6, 6.07) is 7.50. The lowest BCUT2D eigenvalue weighted by atomic mass is 10.1. The molecule has 0 fully saturated rings. The summed E-state index contributed by atoms with van der Waals surface area (Å²) >= 11 is 0. The molecule has 112 valence electrons. The highest BCUT2D eigenvalue weighted by molar-refractivity contribution is 6.06. The molecule has 1 aromatic carbocycles. The molecule has 0 saturated heterocycles. The summed E-state index contributed by atoms with van der Waals surface area (Å²) < 4.78 is 0. The van der Waals surface area contributed by atoms with Gasteiger partial charge >= 0.3 is 0 Å². The molecule has 0 aliphatic heterocycles. The Hall–Kier alpha value is -2.30. The van der Waals surface area contributed by atoms with E-state index in [0.29, 0.717) is 18.7 Å². The van der Waals surface area contributed by atoms with Crippen LogP contribution in [-0.2, 0) is 4.79 Å². The van der Waals surface area contributed by atoms with Gasteiger partial charge in [-0.15, -0.1) is 0 Å². The van der Waals surface area contributed by atoms with Crippen LogP contribution >= 0.6 is 0 Å². The van der Waals surface area contributed by atoms with Crippen molar-refractivity contribution in [3.63, 3.8) is 0 Å². The van der Waals surface area contributed by atoms with Gasteiger partial charge in [0.25, 0.3) is 5.91 Å². The number of carbonyl (C=O) groups is 2. The zero-order chi connectivity index (χ0) is 15.4. The van der Waals surface area contributed by atoms with Crippen LogP contribution in [0.3, 0.4) is 0 Å². The molecule has 1 aromatic heterocycles. The van der Waals surface area contributed by atoms with Crippen LogP contribution in [0.25, 0.3) is 10.9 Å². The Balaban J connectivity index is 2.16. The molecule has 2 rings (SSSR count). The Morgan fingerprint density at radius 1 is 1.14 bits per heavy atom. The van der Waals surface area contributed by atoms with E-state index in [1.807, 2.05) is 38.2 Å². The number of benzene rings is 1. The fourth-order valence-electron chi connectivity index (χ4n) is 2.42. The maximum atomic E-state index is 12.5. The standard InChI is InChI=1S/C16H21N3O2/c1-4-19(5-2)14(20)11-18(3)16(21)13-8-6-7-12-9-10-17-15(12)13/h6-10,17H,4-5,11H2,1-3H3. The van der Waals surface area contributed by atoms with E-state index in [4.69, 9.17) is 0 Å².